The summed E-state index contributed by atoms with van der Waals surface area (Å²) in [6.45, 7) is 13.0. The number of allylic oxidation sites excluding steroid dienone is 1. The first-order chi connectivity index (χ1) is 11.6. The predicted molar refractivity (Wildman–Crippen MR) is 101 cm³/mol. The fourth-order valence-electron chi connectivity index (χ4n) is 2.98. The lowest BCUT2D eigenvalue weighted by molar-refractivity contribution is 0.290. The Hall–Kier alpha value is -2.12. The minimum Gasteiger partial charge on any atom is -0.326 e. The van der Waals surface area contributed by atoms with E-state index in [9.17, 15) is 0 Å². The number of imidazole rings is 1. The topological polar surface area (TPSA) is 44.9 Å². The summed E-state index contributed by atoms with van der Waals surface area (Å²) >= 11 is 0. The Kier molecular flexibility index (Phi) is 6.57. The molecule has 4 nitrogen and oxygen atoms in total. The van der Waals surface area contributed by atoms with Gasteiger partial charge in [0, 0.05) is 25.1 Å². The number of rotatable bonds is 8. The fraction of sp³-hybridized carbons (Fsp3) is 0.500. The minimum atomic E-state index is 0.437. The lowest BCUT2D eigenvalue weighted by Crippen LogP contribution is -2.27. The van der Waals surface area contributed by atoms with Crippen molar-refractivity contribution in [3.8, 4) is 6.07 Å². The summed E-state index contributed by atoms with van der Waals surface area (Å²) in [7, 11) is 0. The zero-order chi connectivity index (χ0) is 17.5. The number of fused-ring (bicyclic) bond motifs is 1. The SMILES string of the molecule is CCC(C)c1nc2cc(C=CC#N)ccc2n1CCN(CC)CC. The average Bonchev–Trinajstić information content (AvgIpc) is 2.98. The Labute approximate surface area is 145 Å². The first kappa shape index (κ1) is 18.2. The maximum Gasteiger partial charge on any atom is 0.112 e. The molecule has 128 valence electrons. The van der Waals surface area contributed by atoms with Gasteiger partial charge in [-0.1, -0.05) is 33.8 Å². The van der Waals surface area contributed by atoms with Crippen LogP contribution in [-0.2, 0) is 6.54 Å². The van der Waals surface area contributed by atoms with Crippen LogP contribution in [0.4, 0.5) is 0 Å². The third-order valence-electron chi connectivity index (χ3n) is 4.74. The largest absolute Gasteiger partial charge is 0.326 e. The Morgan fingerprint density at radius 1 is 1.29 bits per heavy atom. The number of nitriles is 1. The molecule has 4 heteroatoms. The van der Waals surface area contributed by atoms with Gasteiger partial charge in [0.05, 0.1) is 17.1 Å². The van der Waals surface area contributed by atoms with Crippen LogP contribution in [0.5, 0.6) is 0 Å². The van der Waals surface area contributed by atoms with Crippen molar-refractivity contribution in [3.05, 3.63) is 35.7 Å². The minimum absolute atomic E-state index is 0.437. The van der Waals surface area contributed by atoms with Crippen molar-refractivity contribution in [3.63, 3.8) is 0 Å². The molecule has 0 saturated carbocycles. The molecular weight excluding hydrogens is 296 g/mol. The van der Waals surface area contributed by atoms with E-state index in [2.05, 4.69) is 55.4 Å². The predicted octanol–water partition coefficient (Wildman–Crippen LogP) is 4.43. The van der Waals surface area contributed by atoms with Gasteiger partial charge in [-0.2, -0.15) is 5.26 Å². The van der Waals surface area contributed by atoms with Gasteiger partial charge < -0.3 is 9.47 Å². The summed E-state index contributed by atoms with van der Waals surface area (Å²) in [5.74, 6) is 1.60. The maximum absolute atomic E-state index is 8.70. The highest BCUT2D eigenvalue weighted by Gasteiger charge is 2.16. The Morgan fingerprint density at radius 2 is 2.04 bits per heavy atom. The van der Waals surface area contributed by atoms with Crippen LogP contribution in [0.1, 0.15) is 51.4 Å². The summed E-state index contributed by atoms with van der Waals surface area (Å²) in [6.07, 6.45) is 4.42. The molecule has 2 rings (SSSR count). The molecule has 0 radical (unpaired) electrons. The standard InChI is InChI=1S/C20H28N4/c1-5-16(4)20-22-18-15-17(9-8-12-21)10-11-19(18)24(20)14-13-23(6-2)7-3/h8-11,15-16H,5-7,13-14H2,1-4H3. The van der Waals surface area contributed by atoms with Gasteiger partial charge in [-0.25, -0.2) is 4.98 Å². The van der Waals surface area contributed by atoms with Crippen LogP contribution in [0.3, 0.4) is 0 Å². The smallest absolute Gasteiger partial charge is 0.112 e. The summed E-state index contributed by atoms with van der Waals surface area (Å²) < 4.78 is 2.37. The average molecular weight is 324 g/mol. The summed E-state index contributed by atoms with van der Waals surface area (Å²) in [5, 5.41) is 8.70. The van der Waals surface area contributed by atoms with E-state index in [0.29, 0.717) is 5.92 Å². The molecule has 0 amide bonds. The van der Waals surface area contributed by atoms with E-state index in [0.717, 1.165) is 43.7 Å². The molecule has 24 heavy (non-hydrogen) atoms. The molecule has 0 fully saturated rings. The van der Waals surface area contributed by atoms with Gasteiger partial charge in [0.25, 0.3) is 0 Å². The lowest BCUT2D eigenvalue weighted by Gasteiger charge is -2.20. The molecule has 0 aliphatic carbocycles. The molecule has 0 saturated heterocycles. The van der Waals surface area contributed by atoms with Crippen molar-refractivity contribution in [2.24, 2.45) is 0 Å². The van der Waals surface area contributed by atoms with E-state index in [4.69, 9.17) is 10.2 Å². The molecule has 1 unspecified atom stereocenters. The summed E-state index contributed by atoms with van der Waals surface area (Å²) in [6, 6.07) is 8.31. The fourth-order valence-corrected chi connectivity index (χ4v) is 2.98. The van der Waals surface area contributed by atoms with Gasteiger partial charge in [0.2, 0.25) is 0 Å². The zero-order valence-corrected chi connectivity index (χ0v) is 15.3. The van der Waals surface area contributed by atoms with Crippen molar-refractivity contribution < 1.29 is 0 Å². The molecule has 1 aromatic heterocycles. The highest BCUT2D eigenvalue weighted by Crippen LogP contribution is 2.25. The van der Waals surface area contributed by atoms with E-state index in [1.165, 1.54) is 17.4 Å². The Bertz CT molecular complexity index is 732. The number of hydrogen-bond acceptors (Lipinski definition) is 3. The molecular formula is C20H28N4. The summed E-state index contributed by atoms with van der Waals surface area (Å²) in [4.78, 5) is 7.35. The highest BCUT2D eigenvalue weighted by molar-refractivity contribution is 5.79. The maximum atomic E-state index is 8.70. The van der Waals surface area contributed by atoms with Crippen LogP contribution < -0.4 is 0 Å². The zero-order valence-electron chi connectivity index (χ0n) is 15.3. The third-order valence-corrected chi connectivity index (χ3v) is 4.74. The quantitative estimate of drug-likeness (QED) is 0.675. The van der Waals surface area contributed by atoms with E-state index in [-0.39, 0.29) is 0 Å². The molecule has 0 spiro atoms. The second-order valence-corrected chi connectivity index (χ2v) is 6.17. The number of nitrogens with zero attached hydrogens (tertiary/aromatic N) is 4. The van der Waals surface area contributed by atoms with Gasteiger partial charge in [0.1, 0.15) is 5.82 Å². The molecule has 0 aliphatic heterocycles. The van der Waals surface area contributed by atoms with Crippen molar-refractivity contribution in [1.29, 1.82) is 5.26 Å². The van der Waals surface area contributed by atoms with Crippen molar-refractivity contribution in [2.75, 3.05) is 19.6 Å². The van der Waals surface area contributed by atoms with Crippen molar-refractivity contribution in [1.82, 2.24) is 14.5 Å². The first-order valence-corrected chi connectivity index (χ1v) is 8.93. The van der Waals surface area contributed by atoms with Gasteiger partial charge >= 0.3 is 0 Å². The Balaban J connectivity index is 2.41. The Morgan fingerprint density at radius 3 is 2.67 bits per heavy atom. The molecule has 0 N–H and O–H groups in total. The molecule has 0 bridgehead atoms. The number of benzene rings is 1. The lowest BCUT2D eigenvalue weighted by atomic mass is 10.1. The monoisotopic (exact) mass is 324 g/mol. The van der Waals surface area contributed by atoms with Crippen LogP contribution in [0, 0.1) is 11.3 Å². The van der Waals surface area contributed by atoms with Gasteiger partial charge in [-0.3, -0.25) is 0 Å². The number of hydrogen-bond donors (Lipinski definition) is 0. The van der Waals surface area contributed by atoms with Crippen molar-refractivity contribution in [2.45, 2.75) is 46.6 Å². The van der Waals surface area contributed by atoms with Crippen LogP contribution in [0.2, 0.25) is 0 Å². The van der Waals surface area contributed by atoms with E-state index in [1.54, 1.807) is 0 Å². The summed E-state index contributed by atoms with van der Waals surface area (Å²) in [5.41, 5.74) is 3.23. The van der Waals surface area contributed by atoms with Gasteiger partial charge in [-0.05, 0) is 43.3 Å². The first-order valence-electron chi connectivity index (χ1n) is 8.93. The number of likely N-dealkylation sites (N-methyl/N-ethyl adjacent to an activating group) is 1. The molecule has 0 aliphatic rings. The van der Waals surface area contributed by atoms with E-state index in [1.807, 2.05) is 12.1 Å². The molecule has 1 atom stereocenters. The second kappa shape index (κ2) is 8.65. The third kappa shape index (κ3) is 4.04. The normalized spacial score (nSPS) is 13.0. The van der Waals surface area contributed by atoms with Crippen LogP contribution in [-0.4, -0.2) is 34.1 Å². The highest BCUT2D eigenvalue weighted by atomic mass is 15.2. The second-order valence-electron chi connectivity index (χ2n) is 6.17. The molecule has 1 heterocycles. The van der Waals surface area contributed by atoms with Crippen molar-refractivity contribution >= 4 is 17.1 Å². The number of aromatic nitrogens is 2. The molecule has 1 aromatic carbocycles. The van der Waals surface area contributed by atoms with Crippen LogP contribution in [0.25, 0.3) is 17.1 Å². The van der Waals surface area contributed by atoms with Crippen LogP contribution in [0.15, 0.2) is 24.3 Å². The van der Waals surface area contributed by atoms with Gasteiger partial charge in [0.15, 0.2) is 0 Å². The van der Waals surface area contributed by atoms with E-state index >= 15 is 0 Å². The molecule has 2 aromatic rings. The van der Waals surface area contributed by atoms with Gasteiger partial charge in [-0.15, -0.1) is 0 Å². The van der Waals surface area contributed by atoms with Crippen LogP contribution >= 0.6 is 0 Å². The van der Waals surface area contributed by atoms with E-state index < -0.39 is 0 Å².